The molecule has 0 aliphatic carbocycles. The zero-order valence-electron chi connectivity index (χ0n) is 14.9. The van der Waals surface area contributed by atoms with Crippen molar-refractivity contribution in [1.29, 1.82) is 0 Å². The summed E-state index contributed by atoms with van der Waals surface area (Å²) in [6, 6.07) is 4.77. The number of anilines is 1. The maximum absolute atomic E-state index is 13.6. The maximum atomic E-state index is 13.6. The van der Waals surface area contributed by atoms with Crippen LogP contribution in [0.4, 0.5) is 14.7 Å². The molecule has 3 rings (SSSR count). The number of halogens is 2. The van der Waals surface area contributed by atoms with Crippen molar-refractivity contribution >= 4 is 21.9 Å². The van der Waals surface area contributed by atoms with E-state index in [2.05, 4.69) is 15.3 Å². The average molecular weight is 411 g/mol. The number of piperazine rings is 1. The zero-order chi connectivity index (χ0) is 20.1. The predicted octanol–water partition coefficient (Wildman–Crippen LogP) is 0.637. The van der Waals surface area contributed by atoms with Gasteiger partial charge in [-0.3, -0.25) is 4.79 Å². The van der Waals surface area contributed by atoms with E-state index in [1.807, 2.05) is 4.90 Å². The Kier molecular flexibility index (Phi) is 6.15. The number of aromatic nitrogens is 2. The average Bonchev–Trinajstić information content (AvgIpc) is 2.68. The van der Waals surface area contributed by atoms with Crippen LogP contribution in [0.15, 0.2) is 36.7 Å². The molecule has 1 aliphatic rings. The largest absolute Gasteiger partial charge is 0.351 e. The van der Waals surface area contributed by atoms with Crippen LogP contribution in [0.3, 0.4) is 0 Å². The maximum Gasteiger partial charge on any atom is 0.257 e. The predicted molar refractivity (Wildman–Crippen MR) is 98.3 cm³/mol. The fraction of sp³-hybridized carbons (Fsp3) is 0.353. The molecule has 1 aliphatic heterocycles. The first kappa shape index (κ1) is 20.1. The van der Waals surface area contributed by atoms with E-state index in [1.54, 1.807) is 18.5 Å². The number of nitrogens with one attached hydrogen (secondary N) is 1. The Bertz CT molecular complexity index is 915. The molecule has 0 unspecified atom stereocenters. The van der Waals surface area contributed by atoms with Crippen LogP contribution in [0.5, 0.6) is 0 Å². The topological polar surface area (TPSA) is 95.5 Å². The summed E-state index contributed by atoms with van der Waals surface area (Å²) in [5.74, 6) is -2.81. The second-order valence-corrected chi connectivity index (χ2v) is 8.19. The number of rotatable bonds is 6. The Balaban J connectivity index is 1.51. The molecule has 1 N–H and O–H groups in total. The number of amides is 1. The van der Waals surface area contributed by atoms with E-state index in [4.69, 9.17) is 0 Å². The second kappa shape index (κ2) is 8.57. The first-order chi connectivity index (χ1) is 13.4. The molecule has 28 heavy (non-hydrogen) atoms. The number of hydrogen-bond acceptors (Lipinski definition) is 6. The molecule has 0 saturated carbocycles. The minimum atomic E-state index is -3.62. The standard InChI is InChI=1S/C17H19F2N5O3S/c18-13-3-1-4-14(19)15(13)16(25)20-7-12-28(26,27)24-10-8-23(9-11-24)17-21-5-2-6-22-17/h1-6H,7-12H2,(H,20,25). The molecule has 0 spiro atoms. The van der Waals surface area contributed by atoms with E-state index in [0.717, 1.165) is 18.2 Å². The van der Waals surface area contributed by atoms with E-state index in [1.165, 1.54) is 4.31 Å². The summed E-state index contributed by atoms with van der Waals surface area (Å²) in [5, 5.41) is 2.26. The summed E-state index contributed by atoms with van der Waals surface area (Å²) in [4.78, 5) is 22.1. The lowest BCUT2D eigenvalue weighted by molar-refractivity contribution is 0.0947. The van der Waals surface area contributed by atoms with Gasteiger partial charge in [0.25, 0.3) is 5.91 Å². The van der Waals surface area contributed by atoms with Gasteiger partial charge in [0.15, 0.2) is 0 Å². The summed E-state index contributed by atoms with van der Waals surface area (Å²) < 4.78 is 53.4. The van der Waals surface area contributed by atoms with Crippen molar-refractivity contribution in [2.45, 2.75) is 0 Å². The second-order valence-electron chi connectivity index (χ2n) is 6.10. The highest BCUT2D eigenvalue weighted by Gasteiger charge is 2.28. The van der Waals surface area contributed by atoms with Crippen molar-refractivity contribution in [3.05, 3.63) is 53.9 Å². The summed E-state index contributed by atoms with van der Waals surface area (Å²) in [6.45, 7) is 1.15. The van der Waals surface area contributed by atoms with Gasteiger partial charge in [0.1, 0.15) is 17.2 Å². The van der Waals surface area contributed by atoms with Crippen molar-refractivity contribution in [1.82, 2.24) is 19.6 Å². The summed E-state index contributed by atoms with van der Waals surface area (Å²) in [5.41, 5.74) is -0.726. The summed E-state index contributed by atoms with van der Waals surface area (Å²) >= 11 is 0. The lowest BCUT2D eigenvalue weighted by Crippen LogP contribution is -2.50. The molecule has 11 heteroatoms. The van der Waals surface area contributed by atoms with Gasteiger partial charge >= 0.3 is 0 Å². The zero-order valence-corrected chi connectivity index (χ0v) is 15.7. The van der Waals surface area contributed by atoms with Crippen LogP contribution in [0.25, 0.3) is 0 Å². The molecule has 0 bridgehead atoms. The fourth-order valence-corrected chi connectivity index (χ4v) is 4.18. The van der Waals surface area contributed by atoms with E-state index in [9.17, 15) is 22.0 Å². The lowest BCUT2D eigenvalue weighted by Gasteiger charge is -2.33. The Labute approximate surface area is 161 Å². The molecule has 8 nitrogen and oxygen atoms in total. The van der Waals surface area contributed by atoms with E-state index < -0.39 is 33.1 Å². The summed E-state index contributed by atoms with van der Waals surface area (Å²) in [7, 11) is -3.62. The van der Waals surface area contributed by atoms with Gasteiger partial charge in [-0.05, 0) is 18.2 Å². The highest BCUT2D eigenvalue weighted by atomic mass is 32.2. The van der Waals surface area contributed by atoms with Gasteiger partial charge in [0.2, 0.25) is 16.0 Å². The molecule has 150 valence electrons. The Hall–Kier alpha value is -2.66. The number of sulfonamides is 1. The van der Waals surface area contributed by atoms with Gasteiger partial charge < -0.3 is 10.2 Å². The Morgan fingerprint density at radius 3 is 2.25 bits per heavy atom. The van der Waals surface area contributed by atoms with Crippen LogP contribution in [0, 0.1) is 11.6 Å². The van der Waals surface area contributed by atoms with E-state index in [-0.39, 0.29) is 25.4 Å². The van der Waals surface area contributed by atoms with Gasteiger partial charge in [-0.15, -0.1) is 0 Å². The van der Waals surface area contributed by atoms with Crippen LogP contribution in [-0.2, 0) is 10.0 Å². The van der Waals surface area contributed by atoms with Crippen molar-refractivity contribution in [2.24, 2.45) is 0 Å². The van der Waals surface area contributed by atoms with Gasteiger partial charge in [-0.1, -0.05) is 6.07 Å². The minimum Gasteiger partial charge on any atom is -0.351 e. The molecule has 2 aromatic rings. The Morgan fingerprint density at radius 2 is 1.64 bits per heavy atom. The third-order valence-electron chi connectivity index (χ3n) is 4.30. The van der Waals surface area contributed by atoms with Crippen LogP contribution < -0.4 is 10.2 Å². The third kappa shape index (κ3) is 4.60. The molecule has 1 saturated heterocycles. The molecule has 2 heterocycles. The number of hydrogen-bond donors (Lipinski definition) is 1. The monoisotopic (exact) mass is 411 g/mol. The van der Waals surface area contributed by atoms with Crippen molar-refractivity contribution < 1.29 is 22.0 Å². The quantitative estimate of drug-likeness (QED) is 0.750. The molecule has 0 radical (unpaired) electrons. The number of benzene rings is 1. The molecular weight excluding hydrogens is 392 g/mol. The highest BCUT2D eigenvalue weighted by Crippen LogP contribution is 2.13. The van der Waals surface area contributed by atoms with Crippen molar-refractivity contribution in [3.63, 3.8) is 0 Å². The summed E-state index contributed by atoms with van der Waals surface area (Å²) in [6.07, 6.45) is 3.24. The third-order valence-corrected chi connectivity index (χ3v) is 6.17. The normalized spacial score (nSPS) is 15.4. The van der Waals surface area contributed by atoms with Crippen LogP contribution in [0.1, 0.15) is 10.4 Å². The van der Waals surface area contributed by atoms with Crippen LogP contribution >= 0.6 is 0 Å². The number of carbonyl (C=O) groups excluding carboxylic acids is 1. The molecule has 1 fully saturated rings. The first-order valence-electron chi connectivity index (χ1n) is 8.60. The van der Waals surface area contributed by atoms with Crippen LogP contribution in [-0.4, -0.2) is 67.1 Å². The Morgan fingerprint density at radius 1 is 1.04 bits per heavy atom. The van der Waals surface area contributed by atoms with Gasteiger partial charge in [0.05, 0.1) is 5.75 Å². The highest BCUT2D eigenvalue weighted by molar-refractivity contribution is 7.89. The van der Waals surface area contributed by atoms with Gasteiger partial charge in [0, 0.05) is 45.1 Å². The smallest absolute Gasteiger partial charge is 0.257 e. The SMILES string of the molecule is O=C(NCCS(=O)(=O)N1CCN(c2ncccn2)CC1)c1c(F)cccc1F. The fourth-order valence-electron chi connectivity index (χ4n) is 2.85. The molecule has 0 atom stereocenters. The van der Waals surface area contributed by atoms with Crippen LogP contribution in [0.2, 0.25) is 0 Å². The van der Waals surface area contributed by atoms with Crippen molar-refractivity contribution in [3.8, 4) is 0 Å². The molecule has 1 aromatic heterocycles. The van der Waals surface area contributed by atoms with Gasteiger partial charge in [-0.25, -0.2) is 27.2 Å². The molecular formula is C17H19F2N5O3S. The first-order valence-corrected chi connectivity index (χ1v) is 10.2. The lowest BCUT2D eigenvalue weighted by atomic mass is 10.2. The van der Waals surface area contributed by atoms with Gasteiger partial charge in [-0.2, -0.15) is 4.31 Å². The van der Waals surface area contributed by atoms with Crippen molar-refractivity contribution in [2.75, 3.05) is 43.4 Å². The molecule has 1 amide bonds. The number of nitrogens with zero attached hydrogens (tertiary/aromatic N) is 4. The minimum absolute atomic E-state index is 0.253. The number of carbonyl (C=O) groups is 1. The van der Waals surface area contributed by atoms with E-state index in [0.29, 0.717) is 19.0 Å². The van der Waals surface area contributed by atoms with E-state index >= 15 is 0 Å². The molecule has 1 aromatic carbocycles.